The molecular formula is C18H20N2O3. The van der Waals surface area contributed by atoms with Crippen LogP contribution in [0.5, 0.6) is 0 Å². The number of Topliss-reactive ketones (excluding diaryl/α,β-unsaturated/α-hetero) is 1. The van der Waals surface area contributed by atoms with Gasteiger partial charge in [-0.2, -0.15) is 0 Å². The number of hydrogen-bond donors (Lipinski definition) is 1. The number of aromatic nitrogens is 1. The molecule has 1 heterocycles. The van der Waals surface area contributed by atoms with E-state index in [1.807, 2.05) is 6.92 Å². The summed E-state index contributed by atoms with van der Waals surface area (Å²) in [5.41, 5.74) is 2.17. The zero-order valence-electron chi connectivity index (χ0n) is 13.8. The SMILES string of the molecule is C=c1cc(C)c2c(n1)C(=O)C(N(C)CC)=C(/C(C)=C\C=O)C=2O. The number of ketones is 1. The molecule has 1 aromatic heterocycles. The van der Waals surface area contributed by atoms with E-state index in [-0.39, 0.29) is 17.2 Å². The Morgan fingerprint density at radius 2 is 2.13 bits per heavy atom. The van der Waals surface area contributed by atoms with Crippen LogP contribution in [0.1, 0.15) is 29.9 Å². The number of fused-ring (bicyclic) bond motifs is 1. The van der Waals surface area contributed by atoms with Crippen molar-refractivity contribution in [3.8, 4) is 0 Å². The summed E-state index contributed by atoms with van der Waals surface area (Å²) < 4.78 is 0. The molecule has 1 N–H and O–H groups in total. The van der Waals surface area contributed by atoms with Crippen LogP contribution >= 0.6 is 0 Å². The van der Waals surface area contributed by atoms with Crippen molar-refractivity contribution in [2.75, 3.05) is 13.6 Å². The molecule has 0 saturated heterocycles. The van der Waals surface area contributed by atoms with Gasteiger partial charge in [-0.1, -0.05) is 6.58 Å². The Labute approximate surface area is 135 Å². The fourth-order valence-electron chi connectivity index (χ4n) is 2.75. The molecule has 0 aliphatic heterocycles. The third kappa shape index (κ3) is 2.70. The summed E-state index contributed by atoms with van der Waals surface area (Å²) in [5, 5.41) is 11.7. The molecule has 1 aliphatic carbocycles. The standard InChI is InChI=1S/C18H20N2O3/c1-6-20(5)16-14(10(2)7-8-21)17(22)13-11(3)9-12(4)19-15(13)18(16)23/h7-9,22H,4,6H2,1-3,5H3/b10-7-. The highest BCUT2D eigenvalue weighted by Crippen LogP contribution is 2.28. The van der Waals surface area contributed by atoms with Crippen LogP contribution in [0.15, 0.2) is 29.0 Å². The number of likely N-dealkylation sites (N-methyl/N-ethyl adjacent to an activating group) is 1. The summed E-state index contributed by atoms with van der Waals surface area (Å²) in [5.74, 6) is -0.306. The second-order valence-corrected chi connectivity index (χ2v) is 5.56. The average molecular weight is 312 g/mol. The number of carbonyl (C=O) groups is 2. The number of aliphatic hydroxyl groups excluding tert-OH is 1. The van der Waals surface area contributed by atoms with Gasteiger partial charge in [0.05, 0.1) is 11.0 Å². The van der Waals surface area contributed by atoms with Crippen molar-refractivity contribution in [1.29, 1.82) is 0 Å². The van der Waals surface area contributed by atoms with E-state index in [4.69, 9.17) is 0 Å². The summed E-state index contributed by atoms with van der Waals surface area (Å²) in [6.07, 6.45) is 1.98. The van der Waals surface area contributed by atoms with Gasteiger partial charge in [-0.15, -0.1) is 0 Å². The van der Waals surface area contributed by atoms with Gasteiger partial charge in [0.2, 0.25) is 5.78 Å². The second-order valence-electron chi connectivity index (χ2n) is 5.56. The lowest BCUT2D eigenvalue weighted by Gasteiger charge is -2.27. The minimum absolute atomic E-state index is 0.0319. The first-order valence-corrected chi connectivity index (χ1v) is 7.36. The van der Waals surface area contributed by atoms with E-state index in [1.165, 1.54) is 6.08 Å². The van der Waals surface area contributed by atoms with Crippen molar-refractivity contribution >= 4 is 24.4 Å². The fraction of sp³-hybridized carbons (Fsp3) is 0.278. The second kappa shape index (κ2) is 6.20. The van der Waals surface area contributed by atoms with Gasteiger partial charge >= 0.3 is 0 Å². The maximum Gasteiger partial charge on any atom is 0.228 e. The maximum atomic E-state index is 13.0. The molecule has 0 bridgehead atoms. The van der Waals surface area contributed by atoms with Crippen LogP contribution in [-0.4, -0.2) is 40.7 Å². The van der Waals surface area contributed by atoms with Crippen LogP contribution in [-0.2, 0) is 4.79 Å². The monoisotopic (exact) mass is 312 g/mol. The van der Waals surface area contributed by atoms with E-state index in [0.29, 0.717) is 40.2 Å². The van der Waals surface area contributed by atoms with Gasteiger partial charge in [0.15, 0.2) is 0 Å². The summed E-state index contributed by atoms with van der Waals surface area (Å²) in [7, 11) is 1.76. The molecule has 23 heavy (non-hydrogen) atoms. The van der Waals surface area contributed by atoms with E-state index < -0.39 is 0 Å². The highest BCUT2D eigenvalue weighted by atomic mass is 16.3. The molecule has 2 rings (SSSR count). The van der Waals surface area contributed by atoms with Crippen molar-refractivity contribution in [1.82, 2.24) is 9.88 Å². The number of aryl methyl sites for hydroxylation is 1. The number of aldehydes is 1. The third-order valence-corrected chi connectivity index (χ3v) is 3.98. The minimum atomic E-state index is -0.274. The molecule has 0 unspecified atom stereocenters. The van der Waals surface area contributed by atoms with E-state index in [2.05, 4.69) is 11.6 Å². The van der Waals surface area contributed by atoms with Gasteiger partial charge < -0.3 is 10.0 Å². The molecular weight excluding hydrogens is 292 g/mol. The molecule has 1 aromatic rings. The van der Waals surface area contributed by atoms with Crippen LogP contribution in [0, 0.1) is 6.92 Å². The van der Waals surface area contributed by atoms with Crippen molar-refractivity contribution in [2.45, 2.75) is 20.8 Å². The van der Waals surface area contributed by atoms with Gasteiger partial charge in [0.1, 0.15) is 17.7 Å². The number of nitrogens with zero attached hydrogens (tertiary/aromatic N) is 2. The van der Waals surface area contributed by atoms with Crippen molar-refractivity contribution < 1.29 is 14.7 Å². The Morgan fingerprint density at radius 1 is 1.48 bits per heavy atom. The molecule has 5 heteroatoms. The van der Waals surface area contributed by atoms with Crippen LogP contribution in [0.4, 0.5) is 0 Å². The van der Waals surface area contributed by atoms with Crippen LogP contribution in [0.3, 0.4) is 0 Å². The van der Waals surface area contributed by atoms with Gasteiger partial charge in [-0.25, -0.2) is 4.98 Å². The number of pyridine rings is 1. The highest BCUT2D eigenvalue weighted by molar-refractivity contribution is 6.12. The summed E-state index contributed by atoms with van der Waals surface area (Å²) in [4.78, 5) is 29.8. The average Bonchev–Trinajstić information content (AvgIpc) is 2.49. The third-order valence-electron chi connectivity index (χ3n) is 3.98. The molecule has 0 aromatic carbocycles. The van der Waals surface area contributed by atoms with Crippen LogP contribution < -0.4 is 10.6 Å². The van der Waals surface area contributed by atoms with E-state index in [0.717, 1.165) is 5.56 Å². The molecule has 5 nitrogen and oxygen atoms in total. The van der Waals surface area contributed by atoms with E-state index in [1.54, 1.807) is 31.9 Å². The van der Waals surface area contributed by atoms with Crippen molar-refractivity contribution in [2.24, 2.45) is 0 Å². The van der Waals surface area contributed by atoms with Crippen LogP contribution in [0.2, 0.25) is 0 Å². The molecule has 0 saturated carbocycles. The number of aliphatic hydroxyl groups is 1. The fourth-order valence-corrected chi connectivity index (χ4v) is 2.75. The van der Waals surface area contributed by atoms with Gasteiger partial charge in [-0.3, -0.25) is 9.59 Å². The number of hydrogen-bond acceptors (Lipinski definition) is 5. The summed E-state index contributed by atoms with van der Waals surface area (Å²) in [6, 6.07) is 1.72. The smallest absolute Gasteiger partial charge is 0.228 e. The Hall–Kier alpha value is -2.69. The number of carbonyl (C=O) groups excluding carboxylic acids is 2. The Bertz CT molecular complexity index is 863. The van der Waals surface area contributed by atoms with Crippen LogP contribution in [0.25, 0.3) is 12.3 Å². The van der Waals surface area contributed by atoms with Gasteiger partial charge in [0.25, 0.3) is 0 Å². The van der Waals surface area contributed by atoms with Gasteiger partial charge in [-0.05, 0) is 44.1 Å². The first kappa shape index (κ1) is 16.7. The predicted molar refractivity (Wildman–Crippen MR) is 89.3 cm³/mol. The largest absolute Gasteiger partial charge is 0.507 e. The Balaban J connectivity index is 2.99. The lowest BCUT2D eigenvalue weighted by molar-refractivity contribution is -0.104. The zero-order valence-corrected chi connectivity index (χ0v) is 13.8. The molecule has 0 spiro atoms. The Morgan fingerprint density at radius 3 is 2.70 bits per heavy atom. The van der Waals surface area contributed by atoms with E-state index >= 15 is 0 Å². The minimum Gasteiger partial charge on any atom is -0.507 e. The van der Waals surface area contributed by atoms with Crippen molar-refractivity contribution in [3.63, 3.8) is 0 Å². The quantitative estimate of drug-likeness (QED) is 0.664. The maximum absolute atomic E-state index is 13.0. The first-order chi connectivity index (χ1) is 10.8. The van der Waals surface area contributed by atoms with E-state index in [9.17, 15) is 14.7 Å². The molecule has 1 aliphatic rings. The lowest BCUT2D eigenvalue weighted by atomic mass is 9.90. The molecule has 0 atom stereocenters. The topological polar surface area (TPSA) is 70.5 Å². The molecule has 0 amide bonds. The molecule has 0 radical (unpaired) electrons. The zero-order chi connectivity index (χ0) is 17.3. The number of allylic oxidation sites excluding steroid dienone is 2. The lowest BCUT2D eigenvalue weighted by Crippen LogP contribution is -2.38. The summed E-state index contributed by atoms with van der Waals surface area (Å²) >= 11 is 0. The normalized spacial score (nSPS) is 14.9. The van der Waals surface area contributed by atoms with Gasteiger partial charge in [0, 0.05) is 24.4 Å². The first-order valence-electron chi connectivity index (χ1n) is 7.36. The molecule has 120 valence electrons. The molecule has 0 fully saturated rings. The highest BCUT2D eigenvalue weighted by Gasteiger charge is 2.31. The number of rotatable bonds is 4. The predicted octanol–water partition coefficient (Wildman–Crippen LogP) is 1.01. The summed E-state index contributed by atoms with van der Waals surface area (Å²) in [6.45, 7) is 9.75. The Kier molecular flexibility index (Phi) is 4.50. The van der Waals surface area contributed by atoms with Crippen molar-refractivity contribution in [3.05, 3.63) is 50.8 Å².